The monoisotopic (exact) mass is 280 g/mol. The molecule has 0 aromatic rings. The Morgan fingerprint density at radius 2 is 2.10 bits per heavy atom. The Labute approximate surface area is 124 Å². The van der Waals surface area contributed by atoms with Crippen LogP contribution < -0.4 is 5.32 Å². The number of hydrogen-bond acceptors (Lipinski definition) is 3. The van der Waals surface area contributed by atoms with Crippen LogP contribution in [0.1, 0.15) is 58.8 Å². The standard InChI is InChI=1S/C17H32N2O/c1-3-14(2)16-12-19(11-15-7-6-10-20-15)17(13-18-16)8-4-5-9-17/h14-16,18H,3-13H2,1-2H3. The average molecular weight is 280 g/mol. The molecule has 20 heavy (non-hydrogen) atoms. The minimum absolute atomic E-state index is 0.454. The van der Waals surface area contributed by atoms with Gasteiger partial charge in [0, 0.05) is 37.8 Å². The van der Waals surface area contributed by atoms with Crippen LogP contribution in [0.25, 0.3) is 0 Å². The summed E-state index contributed by atoms with van der Waals surface area (Å²) in [5.74, 6) is 0.778. The van der Waals surface area contributed by atoms with Gasteiger partial charge < -0.3 is 10.1 Å². The van der Waals surface area contributed by atoms with Crippen LogP contribution >= 0.6 is 0 Å². The van der Waals surface area contributed by atoms with E-state index < -0.39 is 0 Å². The van der Waals surface area contributed by atoms with E-state index in [9.17, 15) is 0 Å². The third-order valence-corrected chi connectivity index (χ3v) is 6.09. The summed E-state index contributed by atoms with van der Waals surface area (Å²) in [4.78, 5) is 2.82. The molecule has 116 valence electrons. The van der Waals surface area contributed by atoms with Crippen molar-refractivity contribution in [2.75, 3.05) is 26.2 Å². The second-order valence-corrected chi connectivity index (χ2v) is 7.34. The van der Waals surface area contributed by atoms with Crippen molar-refractivity contribution in [1.82, 2.24) is 10.2 Å². The molecule has 0 amide bonds. The first-order chi connectivity index (χ1) is 9.73. The van der Waals surface area contributed by atoms with Crippen molar-refractivity contribution in [1.29, 1.82) is 0 Å². The lowest BCUT2D eigenvalue weighted by atomic mass is 9.87. The maximum atomic E-state index is 5.92. The van der Waals surface area contributed by atoms with Gasteiger partial charge in [-0.3, -0.25) is 4.90 Å². The Balaban J connectivity index is 1.68. The molecule has 3 aliphatic rings. The van der Waals surface area contributed by atoms with Crippen LogP contribution in [-0.2, 0) is 4.74 Å². The number of nitrogens with one attached hydrogen (secondary N) is 1. The molecule has 0 aromatic heterocycles. The molecule has 2 saturated heterocycles. The van der Waals surface area contributed by atoms with E-state index >= 15 is 0 Å². The molecule has 3 unspecified atom stereocenters. The summed E-state index contributed by atoms with van der Waals surface area (Å²) in [5, 5.41) is 3.87. The van der Waals surface area contributed by atoms with Crippen molar-refractivity contribution in [2.45, 2.75) is 76.5 Å². The molecule has 2 aliphatic heterocycles. The quantitative estimate of drug-likeness (QED) is 0.857. The van der Waals surface area contributed by atoms with Crippen molar-refractivity contribution in [2.24, 2.45) is 5.92 Å². The van der Waals surface area contributed by atoms with Gasteiger partial charge in [0.1, 0.15) is 0 Å². The van der Waals surface area contributed by atoms with Crippen molar-refractivity contribution < 1.29 is 4.74 Å². The van der Waals surface area contributed by atoms with Crippen LogP contribution in [0, 0.1) is 5.92 Å². The summed E-state index contributed by atoms with van der Waals surface area (Å²) in [5.41, 5.74) is 0.454. The second-order valence-electron chi connectivity index (χ2n) is 7.34. The number of piperazine rings is 1. The fourth-order valence-electron chi connectivity index (χ4n) is 4.42. The van der Waals surface area contributed by atoms with Crippen LogP contribution in [0.3, 0.4) is 0 Å². The maximum absolute atomic E-state index is 5.92. The maximum Gasteiger partial charge on any atom is 0.0703 e. The fraction of sp³-hybridized carbons (Fsp3) is 1.00. The minimum Gasteiger partial charge on any atom is -0.377 e. The Kier molecular flexibility index (Phi) is 4.68. The van der Waals surface area contributed by atoms with E-state index in [0.29, 0.717) is 17.7 Å². The summed E-state index contributed by atoms with van der Waals surface area (Å²) in [7, 11) is 0. The van der Waals surface area contributed by atoms with Gasteiger partial charge in [0.05, 0.1) is 6.10 Å². The SMILES string of the molecule is CCC(C)C1CN(CC2CCCO2)C2(CCCC2)CN1. The van der Waals surface area contributed by atoms with Crippen LogP contribution in [0.2, 0.25) is 0 Å². The third-order valence-electron chi connectivity index (χ3n) is 6.09. The van der Waals surface area contributed by atoms with Crippen LogP contribution in [0.5, 0.6) is 0 Å². The zero-order valence-corrected chi connectivity index (χ0v) is 13.4. The van der Waals surface area contributed by atoms with Crippen molar-refractivity contribution in [3.8, 4) is 0 Å². The summed E-state index contributed by atoms with van der Waals surface area (Å²) >= 11 is 0. The first-order valence-corrected chi connectivity index (χ1v) is 8.83. The first kappa shape index (κ1) is 14.8. The molecule has 0 bridgehead atoms. The molecule has 2 heterocycles. The highest BCUT2D eigenvalue weighted by molar-refractivity contribution is 5.03. The van der Waals surface area contributed by atoms with Crippen molar-refractivity contribution in [3.05, 3.63) is 0 Å². The smallest absolute Gasteiger partial charge is 0.0703 e. The molecule has 3 nitrogen and oxygen atoms in total. The van der Waals surface area contributed by atoms with Gasteiger partial charge in [0.15, 0.2) is 0 Å². The second kappa shape index (κ2) is 6.33. The molecule has 0 radical (unpaired) electrons. The van der Waals surface area contributed by atoms with Gasteiger partial charge in [-0.1, -0.05) is 33.1 Å². The Bertz CT molecular complexity index is 308. The van der Waals surface area contributed by atoms with Gasteiger partial charge in [-0.2, -0.15) is 0 Å². The summed E-state index contributed by atoms with van der Waals surface area (Å²) in [6.07, 6.45) is 9.92. The van der Waals surface area contributed by atoms with Gasteiger partial charge in [0.25, 0.3) is 0 Å². The fourth-order valence-corrected chi connectivity index (χ4v) is 4.42. The van der Waals surface area contributed by atoms with Crippen LogP contribution in [0.15, 0.2) is 0 Å². The topological polar surface area (TPSA) is 24.5 Å². The van der Waals surface area contributed by atoms with E-state index in [0.717, 1.165) is 12.5 Å². The molecular weight excluding hydrogens is 248 g/mol. The van der Waals surface area contributed by atoms with Crippen LogP contribution in [0.4, 0.5) is 0 Å². The molecule has 0 aromatic carbocycles. The number of rotatable bonds is 4. The lowest BCUT2D eigenvalue weighted by Gasteiger charge is -2.50. The van der Waals surface area contributed by atoms with Crippen molar-refractivity contribution in [3.63, 3.8) is 0 Å². The largest absolute Gasteiger partial charge is 0.377 e. The predicted octanol–water partition coefficient (Wildman–Crippen LogP) is 2.80. The van der Waals surface area contributed by atoms with E-state index in [1.54, 1.807) is 0 Å². The Morgan fingerprint density at radius 1 is 1.30 bits per heavy atom. The molecule has 1 aliphatic carbocycles. The molecular formula is C17H32N2O. The normalized spacial score (nSPS) is 35.7. The summed E-state index contributed by atoms with van der Waals surface area (Å²) < 4.78 is 5.92. The molecule has 3 fully saturated rings. The lowest BCUT2D eigenvalue weighted by Crippen LogP contribution is -2.65. The zero-order chi connectivity index (χ0) is 14.0. The molecule has 3 atom stereocenters. The summed E-state index contributed by atoms with van der Waals surface area (Å²) in [6, 6.07) is 0.674. The van der Waals surface area contributed by atoms with Crippen molar-refractivity contribution >= 4 is 0 Å². The average Bonchev–Trinajstić information content (AvgIpc) is 3.13. The third kappa shape index (κ3) is 2.90. The first-order valence-electron chi connectivity index (χ1n) is 8.83. The molecule has 3 heteroatoms. The molecule has 3 rings (SSSR count). The summed E-state index contributed by atoms with van der Waals surface area (Å²) in [6.45, 7) is 9.31. The van der Waals surface area contributed by atoms with E-state index in [4.69, 9.17) is 4.74 Å². The highest BCUT2D eigenvalue weighted by atomic mass is 16.5. The molecule has 1 spiro atoms. The lowest BCUT2D eigenvalue weighted by molar-refractivity contribution is -0.0124. The molecule has 1 saturated carbocycles. The van der Waals surface area contributed by atoms with E-state index in [1.165, 1.54) is 64.6 Å². The number of ether oxygens (including phenoxy) is 1. The minimum atomic E-state index is 0.454. The van der Waals surface area contributed by atoms with Gasteiger partial charge >= 0.3 is 0 Å². The molecule has 1 N–H and O–H groups in total. The Hall–Kier alpha value is -0.120. The number of nitrogens with zero attached hydrogens (tertiary/aromatic N) is 1. The highest BCUT2D eigenvalue weighted by Gasteiger charge is 2.44. The van der Waals surface area contributed by atoms with Gasteiger partial charge in [-0.25, -0.2) is 0 Å². The van der Waals surface area contributed by atoms with E-state index in [-0.39, 0.29) is 0 Å². The number of hydrogen-bond donors (Lipinski definition) is 1. The zero-order valence-electron chi connectivity index (χ0n) is 13.4. The van der Waals surface area contributed by atoms with Gasteiger partial charge in [0.2, 0.25) is 0 Å². The van der Waals surface area contributed by atoms with Gasteiger partial charge in [-0.15, -0.1) is 0 Å². The van der Waals surface area contributed by atoms with Crippen LogP contribution in [-0.4, -0.2) is 48.8 Å². The van der Waals surface area contributed by atoms with Gasteiger partial charge in [-0.05, 0) is 31.6 Å². The van der Waals surface area contributed by atoms with E-state index in [2.05, 4.69) is 24.1 Å². The highest BCUT2D eigenvalue weighted by Crippen LogP contribution is 2.38. The van der Waals surface area contributed by atoms with E-state index in [1.807, 2.05) is 0 Å². The predicted molar refractivity (Wildman–Crippen MR) is 83.0 cm³/mol. The Morgan fingerprint density at radius 3 is 2.75 bits per heavy atom.